The summed E-state index contributed by atoms with van der Waals surface area (Å²) in [6, 6.07) is 12.0. The van der Waals surface area contributed by atoms with E-state index in [4.69, 9.17) is 4.74 Å². The van der Waals surface area contributed by atoms with Gasteiger partial charge in [-0.2, -0.15) is 0 Å². The van der Waals surface area contributed by atoms with Crippen LogP contribution in [0.3, 0.4) is 0 Å². The topological polar surface area (TPSA) is 26.3 Å². The van der Waals surface area contributed by atoms with E-state index in [9.17, 15) is 4.79 Å². The third-order valence-electron chi connectivity index (χ3n) is 3.99. The normalized spacial score (nSPS) is 10.7. The van der Waals surface area contributed by atoms with Crippen LogP contribution in [-0.4, -0.2) is 12.4 Å². The lowest BCUT2D eigenvalue weighted by Crippen LogP contribution is -2.14. The minimum atomic E-state index is 0.0627. The summed E-state index contributed by atoms with van der Waals surface area (Å²) >= 11 is 0. The molecule has 21 heavy (non-hydrogen) atoms. The second-order valence-corrected chi connectivity index (χ2v) is 5.54. The summed E-state index contributed by atoms with van der Waals surface area (Å²) in [4.78, 5) is 12.5. The maximum absolute atomic E-state index is 12.5. The lowest BCUT2D eigenvalue weighted by Gasteiger charge is -2.14. The Bertz CT molecular complexity index is 616. The summed E-state index contributed by atoms with van der Waals surface area (Å²) in [5.74, 6) is 0.0627. The molecular weight excluding hydrogens is 260 g/mol. The minimum Gasteiger partial charge on any atom is -0.369 e. The molecule has 0 aliphatic carbocycles. The second-order valence-electron chi connectivity index (χ2n) is 5.54. The molecular formula is C19H22O2. The van der Waals surface area contributed by atoms with E-state index in [1.54, 1.807) is 0 Å². The van der Waals surface area contributed by atoms with Crippen molar-refractivity contribution in [3.63, 3.8) is 0 Å². The molecule has 0 amide bonds. The monoisotopic (exact) mass is 282 g/mol. The van der Waals surface area contributed by atoms with Gasteiger partial charge in [0, 0.05) is 5.56 Å². The van der Waals surface area contributed by atoms with Crippen molar-refractivity contribution < 1.29 is 9.53 Å². The van der Waals surface area contributed by atoms with Gasteiger partial charge in [0.1, 0.15) is 6.61 Å². The highest BCUT2D eigenvalue weighted by atomic mass is 16.5. The molecule has 0 unspecified atom stereocenters. The largest absolute Gasteiger partial charge is 0.369 e. The molecule has 0 saturated carbocycles. The molecule has 0 aliphatic heterocycles. The number of hydrogen-bond acceptors (Lipinski definition) is 2. The average molecular weight is 282 g/mol. The highest BCUT2D eigenvalue weighted by Crippen LogP contribution is 2.22. The summed E-state index contributed by atoms with van der Waals surface area (Å²) in [5, 5.41) is 0. The molecule has 0 saturated heterocycles. The first-order chi connectivity index (χ1) is 10.0. The zero-order valence-corrected chi connectivity index (χ0v) is 13.2. The summed E-state index contributed by atoms with van der Waals surface area (Å²) in [5.41, 5.74) is 6.34. The number of ketones is 1. The fourth-order valence-electron chi connectivity index (χ4n) is 2.54. The van der Waals surface area contributed by atoms with Gasteiger partial charge in [-0.1, -0.05) is 36.4 Å². The van der Waals surface area contributed by atoms with Crippen LogP contribution in [0.4, 0.5) is 0 Å². The van der Waals surface area contributed by atoms with Crippen molar-refractivity contribution in [3.8, 4) is 0 Å². The van der Waals surface area contributed by atoms with Crippen molar-refractivity contribution in [2.45, 2.75) is 34.3 Å². The predicted molar refractivity (Wildman–Crippen MR) is 85.8 cm³/mol. The van der Waals surface area contributed by atoms with Crippen LogP contribution in [-0.2, 0) is 11.3 Å². The molecule has 2 nitrogen and oxygen atoms in total. The van der Waals surface area contributed by atoms with Gasteiger partial charge in [0.2, 0.25) is 0 Å². The van der Waals surface area contributed by atoms with E-state index >= 15 is 0 Å². The summed E-state index contributed by atoms with van der Waals surface area (Å²) in [6.45, 7) is 8.69. The molecule has 0 fully saturated rings. The number of carbonyl (C=O) groups excluding carboxylic acids is 1. The number of hydrogen-bond donors (Lipinski definition) is 0. The van der Waals surface area contributed by atoms with Gasteiger partial charge in [-0.15, -0.1) is 0 Å². The smallest absolute Gasteiger partial charge is 0.189 e. The number of benzene rings is 2. The predicted octanol–water partition coefficient (Wildman–Crippen LogP) is 4.32. The van der Waals surface area contributed by atoms with E-state index in [2.05, 4.69) is 6.07 Å². The Morgan fingerprint density at radius 3 is 2.10 bits per heavy atom. The molecule has 110 valence electrons. The SMILES string of the molecule is Cc1cc(C)c(C)c(C(=O)COCc2ccccc2)c1C. The zero-order valence-electron chi connectivity index (χ0n) is 13.2. The maximum Gasteiger partial charge on any atom is 0.189 e. The highest BCUT2D eigenvalue weighted by molar-refractivity contribution is 6.00. The summed E-state index contributed by atoms with van der Waals surface area (Å²) in [6.07, 6.45) is 0. The molecule has 0 N–H and O–H groups in total. The summed E-state index contributed by atoms with van der Waals surface area (Å²) < 4.78 is 5.58. The Morgan fingerprint density at radius 1 is 0.952 bits per heavy atom. The van der Waals surface area contributed by atoms with Crippen molar-refractivity contribution >= 4 is 5.78 Å². The van der Waals surface area contributed by atoms with Crippen molar-refractivity contribution in [1.29, 1.82) is 0 Å². The van der Waals surface area contributed by atoms with Crippen LogP contribution < -0.4 is 0 Å². The Kier molecular flexibility index (Phi) is 4.92. The van der Waals surface area contributed by atoms with Gasteiger partial charge >= 0.3 is 0 Å². The number of rotatable bonds is 5. The van der Waals surface area contributed by atoms with E-state index in [1.807, 2.05) is 58.0 Å². The van der Waals surface area contributed by atoms with Crippen LogP contribution >= 0.6 is 0 Å². The third-order valence-corrected chi connectivity index (χ3v) is 3.99. The first-order valence-corrected chi connectivity index (χ1v) is 7.23. The molecule has 0 radical (unpaired) electrons. The van der Waals surface area contributed by atoms with Crippen LogP contribution in [0.2, 0.25) is 0 Å². The standard InChI is InChI=1S/C19H22O2/c1-13-10-14(2)16(4)19(15(13)3)18(20)12-21-11-17-8-6-5-7-9-17/h5-10H,11-12H2,1-4H3. The Morgan fingerprint density at radius 2 is 1.52 bits per heavy atom. The fraction of sp³-hybridized carbons (Fsp3) is 0.316. The molecule has 0 atom stereocenters. The van der Waals surface area contributed by atoms with Gasteiger partial charge in [-0.25, -0.2) is 0 Å². The van der Waals surface area contributed by atoms with Gasteiger partial charge in [0.05, 0.1) is 6.61 Å². The van der Waals surface area contributed by atoms with Crippen LogP contribution in [0, 0.1) is 27.7 Å². The molecule has 2 rings (SSSR count). The second kappa shape index (κ2) is 6.68. The van der Waals surface area contributed by atoms with Gasteiger partial charge in [-0.05, 0) is 55.5 Å². The lowest BCUT2D eigenvalue weighted by atomic mass is 9.92. The molecule has 0 spiro atoms. The highest BCUT2D eigenvalue weighted by Gasteiger charge is 2.15. The van der Waals surface area contributed by atoms with E-state index in [0.717, 1.165) is 33.4 Å². The molecule has 2 aromatic rings. The average Bonchev–Trinajstić information content (AvgIpc) is 2.46. The van der Waals surface area contributed by atoms with E-state index < -0.39 is 0 Å². The minimum absolute atomic E-state index is 0.0627. The number of carbonyl (C=O) groups is 1. The number of Topliss-reactive ketones (excluding diaryl/α,β-unsaturated/α-hetero) is 1. The van der Waals surface area contributed by atoms with Crippen LogP contribution in [0.15, 0.2) is 36.4 Å². The lowest BCUT2D eigenvalue weighted by molar-refractivity contribution is 0.0725. The Hall–Kier alpha value is -1.93. The van der Waals surface area contributed by atoms with Crippen LogP contribution in [0.25, 0.3) is 0 Å². The van der Waals surface area contributed by atoms with E-state index in [1.165, 1.54) is 0 Å². The van der Waals surface area contributed by atoms with Gasteiger partial charge in [0.15, 0.2) is 5.78 Å². The Labute approximate surface area is 126 Å². The van der Waals surface area contributed by atoms with Crippen molar-refractivity contribution in [1.82, 2.24) is 0 Å². The molecule has 0 bridgehead atoms. The molecule has 2 aromatic carbocycles. The number of aryl methyl sites for hydroxylation is 2. The molecule has 2 heteroatoms. The summed E-state index contributed by atoms with van der Waals surface area (Å²) in [7, 11) is 0. The van der Waals surface area contributed by atoms with Crippen LogP contribution in [0.5, 0.6) is 0 Å². The first kappa shape index (κ1) is 15.5. The fourth-order valence-corrected chi connectivity index (χ4v) is 2.54. The van der Waals surface area contributed by atoms with Crippen molar-refractivity contribution in [2.75, 3.05) is 6.61 Å². The molecule has 0 aliphatic rings. The molecule has 0 aromatic heterocycles. The quantitative estimate of drug-likeness (QED) is 0.763. The van der Waals surface area contributed by atoms with Crippen LogP contribution in [0.1, 0.15) is 38.2 Å². The van der Waals surface area contributed by atoms with E-state index in [0.29, 0.717) is 6.61 Å². The van der Waals surface area contributed by atoms with Gasteiger partial charge in [-0.3, -0.25) is 4.79 Å². The number of ether oxygens (including phenoxy) is 1. The van der Waals surface area contributed by atoms with E-state index in [-0.39, 0.29) is 12.4 Å². The zero-order chi connectivity index (χ0) is 15.4. The first-order valence-electron chi connectivity index (χ1n) is 7.23. The Balaban J connectivity index is 2.07. The van der Waals surface area contributed by atoms with Gasteiger partial charge < -0.3 is 4.74 Å². The van der Waals surface area contributed by atoms with Gasteiger partial charge in [0.25, 0.3) is 0 Å². The molecule has 0 heterocycles. The maximum atomic E-state index is 12.5. The third kappa shape index (κ3) is 3.59. The van der Waals surface area contributed by atoms with Crippen molar-refractivity contribution in [2.24, 2.45) is 0 Å². The van der Waals surface area contributed by atoms with Crippen molar-refractivity contribution in [3.05, 3.63) is 69.8 Å².